The summed E-state index contributed by atoms with van der Waals surface area (Å²) < 4.78 is 7.81. The smallest absolute Gasteiger partial charge is 0.102 e. The van der Waals surface area contributed by atoms with Crippen molar-refractivity contribution in [3.63, 3.8) is 0 Å². The number of benzene rings is 1. The van der Waals surface area contributed by atoms with Gasteiger partial charge in [-0.05, 0) is 24.5 Å². The topological polar surface area (TPSA) is 53.1 Å². The zero-order valence-electron chi connectivity index (χ0n) is 11.1. The molecular weight excluding hydrogens is 238 g/mol. The normalized spacial score (nSPS) is 20.0. The van der Waals surface area contributed by atoms with Gasteiger partial charge in [-0.3, -0.25) is 4.68 Å². The first kappa shape index (κ1) is 12.4. The van der Waals surface area contributed by atoms with Crippen molar-refractivity contribution in [2.75, 3.05) is 6.61 Å². The molecule has 1 aromatic carbocycles. The lowest BCUT2D eigenvalue weighted by molar-refractivity contribution is 0.0283. The van der Waals surface area contributed by atoms with Crippen LogP contribution in [-0.4, -0.2) is 16.4 Å². The van der Waals surface area contributed by atoms with Gasteiger partial charge in [-0.1, -0.05) is 24.3 Å². The van der Waals surface area contributed by atoms with E-state index in [0.717, 1.165) is 25.1 Å². The lowest BCUT2D eigenvalue weighted by Gasteiger charge is -2.25. The SMILES string of the molecule is CC(N)c1cnn(CC2OCCc3ccccc32)c1. The Morgan fingerprint density at radius 2 is 2.32 bits per heavy atom. The van der Waals surface area contributed by atoms with Crippen LogP contribution in [0.3, 0.4) is 0 Å². The maximum atomic E-state index is 5.89. The van der Waals surface area contributed by atoms with Crippen LogP contribution in [0.4, 0.5) is 0 Å². The zero-order valence-corrected chi connectivity index (χ0v) is 11.1. The van der Waals surface area contributed by atoms with Crippen molar-refractivity contribution in [1.82, 2.24) is 9.78 Å². The van der Waals surface area contributed by atoms with Crippen LogP contribution in [0.2, 0.25) is 0 Å². The van der Waals surface area contributed by atoms with E-state index in [4.69, 9.17) is 10.5 Å². The van der Waals surface area contributed by atoms with E-state index in [1.54, 1.807) is 0 Å². The number of aromatic nitrogens is 2. The number of fused-ring (bicyclic) bond motifs is 1. The van der Waals surface area contributed by atoms with Crippen molar-refractivity contribution in [3.8, 4) is 0 Å². The average Bonchev–Trinajstić information content (AvgIpc) is 2.88. The maximum Gasteiger partial charge on any atom is 0.102 e. The highest BCUT2D eigenvalue weighted by atomic mass is 16.5. The zero-order chi connectivity index (χ0) is 13.2. The molecule has 2 unspecified atom stereocenters. The summed E-state index contributed by atoms with van der Waals surface area (Å²) in [7, 11) is 0. The molecule has 2 aromatic rings. The molecule has 4 heteroatoms. The van der Waals surface area contributed by atoms with E-state index in [9.17, 15) is 0 Å². The molecule has 100 valence electrons. The Labute approximate surface area is 113 Å². The largest absolute Gasteiger partial charge is 0.371 e. The minimum atomic E-state index is 0.0216. The summed E-state index contributed by atoms with van der Waals surface area (Å²) in [5.74, 6) is 0. The third-order valence-electron chi connectivity index (χ3n) is 3.62. The summed E-state index contributed by atoms with van der Waals surface area (Å²) in [6.07, 6.45) is 4.92. The van der Waals surface area contributed by atoms with Gasteiger partial charge in [-0.2, -0.15) is 5.10 Å². The first-order chi connectivity index (χ1) is 9.24. The van der Waals surface area contributed by atoms with Crippen molar-refractivity contribution in [3.05, 3.63) is 53.3 Å². The molecule has 0 amide bonds. The van der Waals surface area contributed by atoms with Gasteiger partial charge in [0.15, 0.2) is 0 Å². The second-order valence-corrected chi connectivity index (χ2v) is 5.09. The van der Waals surface area contributed by atoms with Gasteiger partial charge in [0.1, 0.15) is 6.10 Å². The number of nitrogens with zero attached hydrogens (tertiary/aromatic N) is 2. The van der Waals surface area contributed by atoms with Crippen LogP contribution >= 0.6 is 0 Å². The molecule has 1 aromatic heterocycles. The van der Waals surface area contributed by atoms with E-state index >= 15 is 0 Å². The Balaban J connectivity index is 1.80. The minimum Gasteiger partial charge on any atom is -0.371 e. The van der Waals surface area contributed by atoms with Gasteiger partial charge in [-0.25, -0.2) is 0 Å². The van der Waals surface area contributed by atoms with E-state index in [0.29, 0.717) is 0 Å². The highest BCUT2D eigenvalue weighted by molar-refractivity contribution is 5.30. The van der Waals surface area contributed by atoms with E-state index in [1.807, 2.05) is 24.0 Å². The monoisotopic (exact) mass is 257 g/mol. The number of nitrogens with two attached hydrogens (primary N) is 1. The number of ether oxygens (including phenoxy) is 1. The molecular formula is C15H19N3O. The van der Waals surface area contributed by atoms with E-state index in [1.165, 1.54) is 11.1 Å². The van der Waals surface area contributed by atoms with E-state index < -0.39 is 0 Å². The second kappa shape index (κ2) is 5.15. The van der Waals surface area contributed by atoms with Gasteiger partial charge < -0.3 is 10.5 Å². The summed E-state index contributed by atoms with van der Waals surface area (Å²) in [5, 5.41) is 4.36. The fraction of sp³-hybridized carbons (Fsp3) is 0.400. The number of rotatable bonds is 3. The molecule has 0 saturated carbocycles. The highest BCUT2D eigenvalue weighted by Crippen LogP contribution is 2.28. The van der Waals surface area contributed by atoms with Crippen LogP contribution < -0.4 is 5.73 Å². The Bertz CT molecular complexity index is 562. The van der Waals surface area contributed by atoms with Gasteiger partial charge >= 0.3 is 0 Å². The van der Waals surface area contributed by atoms with Gasteiger partial charge in [0.05, 0.1) is 19.3 Å². The average molecular weight is 257 g/mol. The molecule has 2 heterocycles. The van der Waals surface area contributed by atoms with Crippen LogP contribution in [0.1, 0.15) is 35.8 Å². The molecule has 0 radical (unpaired) electrons. The van der Waals surface area contributed by atoms with Gasteiger partial charge in [0.25, 0.3) is 0 Å². The predicted molar refractivity (Wildman–Crippen MR) is 73.7 cm³/mol. The van der Waals surface area contributed by atoms with Crippen LogP contribution in [0, 0.1) is 0 Å². The molecule has 3 rings (SSSR count). The molecule has 19 heavy (non-hydrogen) atoms. The molecule has 0 saturated heterocycles. The minimum absolute atomic E-state index is 0.0216. The number of hydrogen-bond acceptors (Lipinski definition) is 3. The number of hydrogen-bond donors (Lipinski definition) is 1. The van der Waals surface area contributed by atoms with Crippen LogP contribution in [-0.2, 0) is 17.7 Å². The van der Waals surface area contributed by atoms with Crippen LogP contribution in [0.25, 0.3) is 0 Å². The first-order valence-electron chi connectivity index (χ1n) is 6.71. The Kier molecular flexibility index (Phi) is 3.36. The van der Waals surface area contributed by atoms with Crippen molar-refractivity contribution in [2.45, 2.75) is 32.0 Å². The van der Waals surface area contributed by atoms with Crippen molar-refractivity contribution in [1.29, 1.82) is 0 Å². The Hall–Kier alpha value is -1.65. The Morgan fingerprint density at radius 3 is 3.11 bits per heavy atom. The molecule has 0 aliphatic carbocycles. The summed E-state index contributed by atoms with van der Waals surface area (Å²) in [4.78, 5) is 0. The summed E-state index contributed by atoms with van der Waals surface area (Å²) in [6.45, 7) is 3.49. The third-order valence-corrected chi connectivity index (χ3v) is 3.62. The molecule has 0 spiro atoms. The molecule has 4 nitrogen and oxygen atoms in total. The molecule has 0 bridgehead atoms. The molecule has 1 aliphatic heterocycles. The lowest BCUT2D eigenvalue weighted by Crippen LogP contribution is -2.20. The molecule has 2 atom stereocenters. The summed E-state index contributed by atoms with van der Waals surface area (Å²) in [6, 6.07) is 8.50. The van der Waals surface area contributed by atoms with E-state index in [-0.39, 0.29) is 12.1 Å². The van der Waals surface area contributed by atoms with Crippen molar-refractivity contribution >= 4 is 0 Å². The second-order valence-electron chi connectivity index (χ2n) is 5.09. The van der Waals surface area contributed by atoms with Gasteiger partial charge in [0, 0.05) is 17.8 Å². The van der Waals surface area contributed by atoms with Crippen molar-refractivity contribution < 1.29 is 4.74 Å². The lowest BCUT2D eigenvalue weighted by atomic mass is 9.98. The van der Waals surface area contributed by atoms with Crippen LogP contribution in [0.5, 0.6) is 0 Å². The molecule has 1 aliphatic rings. The molecule has 0 fully saturated rings. The summed E-state index contributed by atoms with van der Waals surface area (Å²) in [5.41, 5.74) is 9.58. The predicted octanol–water partition coefficient (Wildman–Crippen LogP) is 2.22. The Morgan fingerprint density at radius 1 is 1.47 bits per heavy atom. The summed E-state index contributed by atoms with van der Waals surface area (Å²) >= 11 is 0. The van der Waals surface area contributed by atoms with Gasteiger partial charge in [-0.15, -0.1) is 0 Å². The standard InChI is InChI=1S/C15H19N3O/c1-11(16)13-8-17-18(9-13)10-15-14-5-3-2-4-12(14)6-7-19-15/h2-5,8-9,11,15H,6-7,10,16H2,1H3. The fourth-order valence-corrected chi connectivity index (χ4v) is 2.51. The quantitative estimate of drug-likeness (QED) is 0.917. The highest BCUT2D eigenvalue weighted by Gasteiger charge is 2.21. The first-order valence-corrected chi connectivity index (χ1v) is 6.71. The third kappa shape index (κ3) is 2.55. The van der Waals surface area contributed by atoms with E-state index in [2.05, 4.69) is 29.4 Å². The molecule has 2 N–H and O–H groups in total. The fourth-order valence-electron chi connectivity index (χ4n) is 2.51. The van der Waals surface area contributed by atoms with Gasteiger partial charge in [0.2, 0.25) is 0 Å². The maximum absolute atomic E-state index is 5.89. The van der Waals surface area contributed by atoms with Crippen LogP contribution in [0.15, 0.2) is 36.7 Å². The van der Waals surface area contributed by atoms with Crippen molar-refractivity contribution in [2.24, 2.45) is 5.73 Å².